The standard InChI is InChI=1S/C12H26O3S.C6H5.Na/c1-2-3-4-5-6-7-8-9-10-11-12-16(13,14)15;1-2-4-6-5-3-1;/h2-12H2,1H3,(H,13,14,15);1-5H;. The van der Waals surface area contributed by atoms with Crippen LogP contribution in [0.4, 0.5) is 0 Å². The van der Waals surface area contributed by atoms with Gasteiger partial charge < -0.3 is 0 Å². The third kappa shape index (κ3) is 20.1. The van der Waals surface area contributed by atoms with Crippen molar-refractivity contribution in [2.24, 2.45) is 0 Å². The Labute approximate surface area is 160 Å². The normalized spacial score (nSPS) is 11.0. The topological polar surface area (TPSA) is 54.4 Å². The molecule has 0 aliphatic rings. The Morgan fingerprint density at radius 3 is 1.61 bits per heavy atom. The molecule has 0 fully saturated rings. The third-order valence-corrected chi connectivity index (χ3v) is 5.17. The van der Waals surface area contributed by atoms with E-state index in [2.05, 4.69) is 31.2 Å². The van der Waals surface area contributed by atoms with E-state index in [-0.39, 0.29) is 5.75 Å². The second-order valence-electron chi connectivity index (χ2n) is 6.12. The molecule has 0 atom stereocenters. The van der Waals surface area contributed by atoms with E-state index in [4.69, 9.17) is 4.55 Å². The molecule has 0 unspecified atom stereocenters. The van der Waals surface area contributed by atoms with Crippen LogP contribution in [0.15, 0.2) is 30.3 Å². The quantitative estimate of drug-likeness (QED) is 0.368. The van der Waals surface area contributed by atoms with Crippen molar-refractivity contribution in [3.8, 4) is 0 Å². The molecule has 0 saturated heterocycles. The van der Waals surface area contributed by atoms with E-state index in [9.17, 15) is 8.42 Å². The average molecular weight is 350 g/mol. The molecule has 1 rings (SSSR count). The van der Waals surface area contributed by atoms with Gasteiger partial charge in [0.1, 0.15) is 0 Å². The fraction of sp³-hybridized carbons (Fsp3) is 0.667. The number of rotatable bonds is 11. The van der Waals surface area contributed by atoms with Crippen molar-refractivity contribution in [3.05, 3.63) is 30.3 Å². The molecule has 23 heavy (non-hydrogen) atoms. The summed E-state index contributed by atoms with van der Waals surface area (Å²) in [6.07, 6.45) is 11.7. The monoisotopic (exact) mass is 350 g/mol. The van der Waals surface area contributed by atoms with Gasteiger partial charge in [-0.25, -0.2) is 0 Å². The molecule has 0 aromatic heterocycles. The van der Waals surface area contributed by atoms with Crippen LogP contribution < -0.4 is 2.81 Å². The van der Waals surface area contributed by atoms with Crippen LogP contribution >= 0.6 is 0 Å². The van der Waals surface area contributed by atoms with Gasteiger partial charge in [-0.2, -0.15) is 8.42 Å². The number of benzene rings is 1. The predicted molar refractivity (Wildman–Crippen MR) is 100 cm³/mol. The Morgan fingerprint density at radius 1 is 0.826 bits per heavy atom. The van der Waals surface area contributed by atoms with E-state index in [1.165, 1.54) is 75.7 Å². The minimum absolute atomic E-state index is 0.0799. The van der Waals surface area contributed by atoms with E-state index in [0.29, 0.717) is 6.42 Å². The van der Waals surface area contributed by atoms with Crippen LogP contribution in [0.25, 0.3) is 0 Å². The van der Waals surface area contributed by atoms with Crippen LogP contribution in [0.3, 0.4) is 0 Å². The Balaban J connectivity index is 0.000000568. The summed E-state index contributed by atoms with van der Waals surface area (Å²) in [5.74, 6) is -0.0799. The minimum atomic E-state index is -3.73. The van der Waals surface area contributed by atoms with E-state index in [1.807, 2.05) is 6.07 Å². The number of hydrogen-bond donors (Lipinski definition) is 1. The Bertz CT molecular complexity index is 460. The van der Waals surface area contributed by atoms with Gasteiger partial charge in [-0.15, -0.1) is 0 Å². The zero-order valence-electron chi connectivity index (χ0n) is 14.8. The van der Waals surface area contributed by atoms with Gasteiger partial charge in [0.2, 0.25) is 0 Å². The molecule has 5 heteroatoms. The summed E-state index contributed by atoms with van der Waals surface area (Å²) >= 11 is 1.17. The molecule has 0 radical (unpaired) electrons. The molecule has 1 N–H and O–H groups in total. The van der Waals surface area contributed by atoms with E-state index >= 15 is 0 Å². The molecule has 3 nitrogen and oxygen atoms in total. The van der Waals surface area contributed by atoms with Crippen molar-refractivity contribution < 1.29 is 13.0 Å². The van der Waals surface area contributed by atoms with Gasteiger partial charge in [0.15, 0.2) is 0 Å². The second-order valence-corrected chi connectivity index (χ2v) is 8.85. The third-order valence-electron chi connectivity index (χ3n) is 3.70. The van der Waals surface area contributed by atoms with E-state index in [1.54, 1.807) is 0 Å². The van der Waals surface area contributed by atoms with Crippen LogP contribution in [0, 0.1) is 0 Å². The summed E-state index contributed by atoms with van der Waals surface area (Å²) in [6, 6.07) is 10.5. The van der Waals surface area contributed by atoms with Gasteiger partial charge in [-0.05, 0) is 6.42 Å². The summed E-state index contributed by atoms with van der Waals surface area (Å²) in [6.45, 7) is 2.22. The fourth-order valence-corrected chi connectivity index (χ4v) is 3.26. The molecule has 1 aromatic rings. The van der Waals surface area contributed by atoms with Gasteiger partial charge in [0, 0.05) is 0 Å². The first kappa shape index (κ1) is 23.1. The maximum atomic E-state index is 10.4. The second kappa shape index (κ2) is 15.6. The molecule has 0 amide bonds. The first-order valence-corrected chi connectivity index (χ1v) is 11.5. The Morgan fingerprint density at radius 2 is 1.26 bits per heavy atom. The maximum absolute atomic E-state index is 10.4. The van der Waals surface area contributed by atoms with Gasteiger partial charge in [-0.1, -0.05) is 64.7 Å². The summed E-state index contributed by atoms with van der Waals surface area (Å²) in [7, 11) is -3.73. The van der Waals surface area contributed by atoms with Gasteiger partial charge in [0.25, 0.3) is 10.1 Å². The van der Waals surface area contributed by atoms with Crippen LogP contribution in [-0.2, 0) is 10.1 Å². The average Bonchev–Trinajstić information content (AvgIpc) is 2.49. The van der Waals surface area contributed by atoms with Crippen molar-refractivity contribution in [2.75, 3.05) is 5.75 Å². The Hall–Kier alpha value is 0.130. The van der Waals surface area contributed by atoms with Crippen molar-refractivity contribution in [1.82, 2.24) is 0 Å². The molecule has 0 aliphatic heterocycles. The van der Waals surface area contributed by atoms with Crippen molar-refractivity contribution in [1.29, 1.82) is 0 Å². The molecule has 0 aliphatic carbocycles. The van der Waals surface area contributed by atoms with Crippen LogP contribution in [-0.4, -0.2) is 46.7 Å². The summed E-state index contributed by atoms with van der Waals surface area (Å²) in [4.78, 5) is 0. The van der Waals surface area contributed by atoms with Crippen LogP contribution in [0.5, 0.6) is 0 Å². The van der Waals surface area contributed by atoms with Crippen molar-refractivity contribution in [2.45, 2.75) is 71.1 Å². The SMILES string of the molecule is CCCCCCCCCCCCS(=O)(=O)O.[Na][c]1ccccc1. The molecule has 0 heterocycles. The molecule has 0 spiro atoms. The fourth-order valence-electron chi connectivity index (χ4n) is 2.31. The van der Waals surface area contributed by atoms with Gasteiger partial charge in [-0.3, -0.25) is 4.55 Å². The van der Waals surface area contributed by atoms with Crippen molar-refractivity contribution >= 4 is 40.9 Å². The summed E-state index contributed by atoms with van der Waals surface area (Å²) < 4.78 is 30.8. The van der Waals surface area contributed by atoms with Gasteiger partial charge in [0.05, 0.1) is 5.75 Å². The molecule has 128 valence electrons. The van der Waals surface area contributed by atoms with Crippen LogP contribution in [0.2, 0.25) is 0 Å². The number of unbranched alkanes of at least 4 members (excludes halogenated alkanes) is 9. The van der Waals surface area contributed by atoms with Crippen LogP contribution in [0.1, 0.15) is 71.1 Å². The zero-order valence-corrected chi connectivity index (χ0v) is 17.7. The first-order chi connectivity index (χ1) is 11.0. The van der Waals surface area contributed by atoms with Crippen molar-refractivity contribution in [3.63, 3.8) is 0 Å². The number of hydrogen-bond acceptors (Lipinski definition) is 2. The zero-order chi connectivity index (χ0) is 17.4. The Kier molecular flexibility index (Phi) is 15.7. The molecular formula is C18H31NaO3S. The molecule has 1 aromatic carbocycles. The van der Waals surface area contributed by atoms with E-state index < -0.39 is 10.1 Å². The first-order valence-electron chi connectivity index (χ1n) is 8.92. The molecular weight excluding hydrogens is 319 g/mol. The van der Waals surface area contributed by atoms with E-state index in [0.717, 1.165) is 12.8 Å². The molecule has 0 saturated carbocycles. The van der Waals surface area contributed by atoms with Gasteiger partial charge >= 0.3 is 61.1 Å². The predicted octanol–water partition coefficient (Wildman–Crippen LogP) is 4.28. The summed E-state index contributed by atoms with van der Waals surface area (Å²) in [5, 5.41) is 0. The molecule has 0 bridgehead atoms. The summed E-state index contributed by atoms with van der Waals surface area (Å²) in [5.41, 5.74) is 0.